The van der Waals surface area contributed by atoms with Gasteiger partial charge in [-0.1, -0.05) is 0 Å². The zero-order valence-corrected chi connectivity index (χ0v) is 3.45. The molecule has 0 spiro atoms. The monoisotopic (exact) mass is 94.0 g/mol. The summed E-state index contributed by atoms with van der Waals surface area (Å²) in [5.74, 6) is -1.08. The lowest BCUT2D eigenvalue weighted by Gasteiger charge is -1.77. The van der Waals surface area contributed by atoms with Gasteiger partial charge in [-0.3, -0.25) is 0 Å². The van der Waals surface area contributed by atoms with Crippen LogP contribution in [0.5, 0.6) is 0 Å². The van der Waals surface area contributed by atoms with Crippen molar-refractivity contribution >= 4 is 5.97 Å². The van der Waals surface area contributed by atoms with Crippen LogP contribution in [0.15, 0.2) is 0 Å². The van der Waals surface area contributed by atoms with Gasteiger partial charge in [0, 0.05) is 5.97 Å². The van der Waals surface area contributed by atoms with E-state index in [1.165, 1.54) is 0 Å². The highest BCUT2D eigenvalue weighted by molar-refractivity contribution is 5.60. The van der Waals surface area contributed by atoms with Gasteiger partial charge in [0.1, 0.15) is 0 Å². The van der Waals surface area contributed by atoms with E-state index in [1.807, 2.05) is 0 Å². The van der Waals surface area contributed by atoms with Gasteiger partial charge >= 0.3 is 0 Å². The smallest absolute Gasteiger partial charge is 0.0383 e. The minimum atomic E-state index is -1.08. The summed E-state index contributed by atoms with van der Waals surface area (Å²) in [7, 11) is 0. The topological polar surface area (TPSA) is 40.1 Å². The first-order valence-electron chi connectivity index (χ1n) is 0.908. The van der Waals surface area contributed by atoms with Gasteiger partial charge in [0.05, 0.1) is 0 Å². The molecule has 0 aromatic heterocycles. The number of hydrogen-bond acceptors (Lipinski definition) is 2. The quantitative estimate of drug-likeness (QED) is 0.305. The predicted molar refractivity (Wildman–Crippen MR) is 10.7 cm³/mol. The van der Waals surface area contributed by atoms with Crippen LogP contribution in [0, 0.1) is 0 Å². The minimum absolute atomic E-state index is 0. The molecular formula is C2H3ClO2-2. The summed E-state index contributed by atoms with van der Waals surface area (Å²) >= 11 is 0. The third kappa shape index (κ3) is 202. The van der Waals surface area contributed by atoms with Crippen LogP contribution in [-0.2, 0) is 4.79 Å². The number of carboxylic acid groups (broad SMARTS) is 1. The molecule has 0 aliphatic heterocycles. The maximum Gasteiger partial charge on any atom is 0.0383 e. The summed E-state index contributed by atoms with van der Waals surface area (Å²) in [4.78, 5) is 8.89. The zero-order valence-electron chi connectivity index (χ0n) is 2.69. The zero-order chi connectivity index (χ0) is 3.58. The predicted octanol–water partition coefficient (Wildman–Crippen LogP) is -4.24. The average Bonchev–Trinajstić information content (AvgIpc) is 0.811. The average molecular weight is 94.5 g/mol. The molecule has 0 aliphatic carbocycles. The van der Waals surface area contributed by atoms with Crippen molar-refractivity contribution in [2.75, 3.05) is 0 Å². The van der Waals surface area contributed by atoms with Crippen LogP contribution in [0.25, 0.3) is 0 Å². The van der Waals surface area contributed by atoms with Crippen LogP contribution in [0.2, 0.25) is 0 Å². The molecule has 0 radical (unpaired) electrons. The summed E-state index contributed by atoms with van der Waals surface area (Å²) in [5, 5.41) is 8.89. The van der Waals surface area contributed by atoms with Gasteiger partial charge in [-0.2, -0.15) is 0 Å². The second-order valence-corrected chi connectivity index (χ2v) is 0.492. The number of carbonyl (C=O) groups is 1. The Morgan fingerprint density at radius 3 is 1.80 bits per heavy atom. The van der Waals surface area contributed by atoms with E-state index >= 15 is 0 Å². The van der Waals surface area contributed by atoms with Crippen molar-refractivity contribution in [2.45, 2.75) is 6.92 Å². The molecular weight excluding hydrogens is 91.5 g/mol. The molecule has 0 fully saturated rings. The van der Waals surface area contributed by atoms with Gasteiger partial charge in [0.25, 0.3) is 0 Å². The van der Waals surface area contributed by atoms with Crippen LogP contribution < -0.4 is 17.5 Å². The Balaban J connectivity index is 0. The second-order valence-electron chi connectivity index (χ2n) is 0.492. The third-order valence-electron chi connectivity index (χ3n) is 0. The number of carbonyl (C=O) groups excluding carboxylic acids is 1. The fourth-order valence-electron chi connectivity index (χ4n) is 0. The Labute approximate surface area is 36.2 Å². The van der Waals surface area contributed by atoms with Crippen molar-refractivity contribution in [3.05, 3.63) is 0 Å². The van der Waals surface area contributed by atoms with Crippen LogP contribution in [0.1, 0.15) is 6.92 Å². The van der Waals surface area contributed by atoms with Crippen molar-refractivity contribution < 1.29 is 22.3 Å². The van der Waals surface area contributed by atoms with Gasteiger partial charge in [0.2, 0.25) is 0 Å². The number of aliphatic carboxylic acids is 1. The van der Waals surface area contributed by atoms with Crippen molar-refractivity contribution in [3.63, 3.8) is 0 Å². The Hall–Kier alpha value is -0.240. The SMILES string of the molecule is CC(=O)[O-].[Cl-]. The molecule has 2 nitrogen and oxygen atoms in total. The lowest BCUT2D eigenvalue weighted by molar-refractivity contribution is -0.302. The Morgan fingerprint density at radius 1 is 1.80 bits per heavy atom. The molecule has 0 N–H and O–H groups in total. The van der Waals surface area contributed by atoms with Crippen LogP contribution >= 0.6 is 0 Å². The molecule has 0 saturated carbocycles. The van der Waals surface area contributed by atoms with E-state index in [0.717, 1.165) is 6.92 Å². The number of halogens is 1. The molecule has 0 aromatic rings. The lowest BCUT2D eigenvalue weighted by Crippen LogP contribution is -3.00. The van der Waals surface area contributed by atoms with Crippen molar-refractivity contribution in [1.29, 1.82) is 0 Å². The molecule has 0 amide bonds. The highest BCUT2D eigenvalue weighted by atomic mass is 35.5. The van der Waals surface area contributed by atoms with Crippen molar-refractivity contribution in [1.82, 2.24) is 0 Å². The summed E-state index contributed by atoms with van der Waals surface area (Å²) in [6.07, 6.45) is 0. The summed E-state index contributed by atoms with van der Waals surface area (Å²) in [6, 6.07) is 0. The van der Waals surface area contributed by atoms with Crippen molar-refractivity contribution in [3.8, 4) is 0 Å². The highest BCUT2D eigenvalue weighted by Crippen LogP contribution is 1.31. The molecule has 5 heavy (non-hydrogen) atoms. The fourth-order valence-corrected chi connectivity index (χ4v) is 0. The molecule has 0 aromatic carbocycles. The first-order chi connectivity index (χ1) is 1.73. The van der Waals surface area contributed by atoms with Gasteiger partial charge in [-0.25, -0.2) is 0 Å². The maximum absolute atomic E-state index is 8.89. The van der Waals surface area contributed by atoms with E-state index in [1.54, 1.807) is 0 Å². The van der Waals surface area contributed by atoms with E-state index in [4.69, 9.17) is 9.90 Å². The molecule has 0 heterocycles. The minimum Gasteiger partial charge on any atom is -1.00 e. The molecule has 0 atom stereocenters. The normalized spacial score (nSPS) is 5.00. The summed E-state index contributed by atoms with van der Waals surface area (Å²) in [5.41, 5.74) is 0. The van der Waals surface area contributed by atoms with E-state index in [-0.39, 0.29) is 12.4 Å². The summed E-state index contributed by atoms with van der Waals surface area (Å²) in [6.45, 7) is 0.972. The molecule has 0 aliphatic rings. The van der Waals surface area contributed by atoms with Gasteiger partial charge < -0.3 is 22.3 Å². The third-order valence-corrected chi connectivity index (χ3v) is 0. The van der Waals surface area contributed by atoms with E-state index < -0.39 is 5.97 Å². The first kappa shape index (κ1) is 8.83. The van der Waals surface area contributed by atoms with Crippen LogP contribution in [0.4, 0.5) is 0 Å². The highest BCUT2D eigenvalue weighted by Gasteiger charge is 1.46. The second kappa shape index (κ2) is 3.76. The Bertz CT molecular complexity index is 30.6. The summed E-state index contributed by atoms with van der Waals surface area (Å²) < 4.78 is 0. The van der Waals surface area contributed by atoms with Gasteiger partial charge in [0.15, 0.2) is 0 Å². The van der Waals surface area contributed by atoms with Crippen LogP contribution in [0.3, 0.4) is 0 Å². The first-order valence-corrected chi connectivity index (χ1v) is 0.908. The molecule has 0 unspecified atom stereocenters. The van der Waals surface area contributed by atoms with Gasteiger partial charge in [-0.15, -0.1) is 0 Å². The Kier molecular flexibility index (Phi) is 6.64. The maximum atomic E-state index is 8.89. The number of hydrogen-bond donors (Lipinski definition) is 0. The molecule has 0 bridgehead atoms. The van der Waals surface area contributed by atoms with E-state index in [0.29, 0.717) is 0 Å². The number of carboxylic acids is 1. The van der Waals surface area contributed by atoms with E-state index in [9.17, 15) is 0 Å². The molecule has 0 saturated heterocycles. The van der Waals surface area contributed by atoms with Gasteiger partial charge in [-0.05, 0) is 6.92 Å². The van der Waals surface area contributed by atoms with E-state index in [2.05, 4.69) is 0 Å². The fraction of sp³-hybridized carbons (Fsp3) is 0.500. The van der Waals surface area contributed by atoms with Crippen LogP contribution in [-0.4, -0.2) is 5.97 Å². The van der Waals surface area contributed by atoms with Crippen molar-refractivity contribution in [2.24, 2.45) is 0 Å². The number of rotatable bonds is 0. The molecule has 0 rings (SSSR count). The standard InChI is InChI=1S/C2H4O2.ClH/c1-2(3)4;/h1H3,(H,3,4);1H/p-2. The molecule has 32 valence electrons. The largest absolute Gasteiger partial charge is 1.00 e. The lowest BCUT2D eigenvalue weighted by atomic mass is 10.9. The molecule has 3 heteroatoms. The Morgan fingerprint density at radius 2 is 1.80 bits per heavy atom.